The van der Waals surface area contributed by atoms with Crippen molar-refractivity contribution in [2.24, 2.45) is 0 Å². The van der Waals surface area contributed by atoms with E-state index in [-0.39, 0.29) is 11.9 Å². The second kappa shape index (κ2) is 7.47. The van der Waals surface area contributed by atoms with Crippen molar-refractivity contribution in [3.63, 3.8) is 0 Å². The van der Waals surface area contributed by atoms with Crippen LogP contribution in [0.1, 0.15) is 18.0 Å². The summed E-state index contributed by atoms with van der Waals surface area (Å²) < 4.78 is 7.22. The monoisotopic (exact) mass is 317 g/mol. The molecule has 1 fully saturated rings. The third-order valence-corrected chi connectivity index (χ3v) is 4.51. The van der Waals surface area contributed by atoms with Gasteiger partial charge in [-0.05, 0) is 12.0 Å². The van der Waals surface area contributed by atoms with E-state index in [9.17, 15) is 4.79 Å². The van der Waals surface area contributed by atoms with E-state index in [1.54, 1.807) is 18.0 Å². The Morgan fingerprint density at radius 3 is 3.05 bits per heavy atom. The van der Waals surface area contributed by atoms with E-state index in [2.05, 4.69) is 22.5 Å². The Kier molecular flexibility index (Phi) is 5.13. The van der Waals surface area contributed by atoms with Gasteiger partial charge in [-0.3, -0.25) is 9.48 Å². The number of amides is 1. The fraction of sp³-hybridized carbons (Fsp3) is 0.375. The second-order valence-corrected chi connectivity index (χ2v) is 6.24. The van der Waals surface area contributed by atoms with Crippen molar-refractivity contribution in [3.8, 4) is 0 Å². The van der Waals surface area contributed by atoms with Gasteiger partial charge < -0.3 is 10.1 Å². The summed E-state index contributed by atoms with van der Waals surface area (Å²) in [5.74, 6) is 1.28. The number of nitrogens with zero attached hydrogens (tertiary/aromatic N) is 2. The quantitative estimate of drug-likeness (QED) is 0.890. The fourth-order valence-electron chi connectivity index (χ4n) is 2.37. The SMILES string of the molecule is O=C(CSCc1ccccc1)Nc1cnn([C@@H]2CCOC2)c1. The molecule has 3 rings (SSSR count). The molecule has 2 aromatic rings. The standard InChI is InChI=1S/C16H19N3O2S/c20-16(12-22-11-13-4-2-1-3-5-13)18-14-8-17-19(9-14)15-6-7-21-10-15/h1-5,8-9,15H,6-7,10-12H2,(H,18,20)/t15-/m1/s1. The molecule has 5 nitrogen and oxygen atoms in total. The highest BCUT2D eigenvalue weighted by Gasteiger charge is 2.18. The van der Waals surface area contributed by atoms with Gasteiger partial charge in [0.2, 0.25) is 5.91 Å². The highest BCUT2D eigenvalue weighted by Crippen LogP contribution is 2.20. The smallest absolute Gasteiger partial charge is 0.234 e. The number of aromatic nitrogens is 2. The summed E-state index contributed by atoms with van der Waals surface area (Å²) in [7, 11) is 0. The van der Waals surface area contributed by atoms with E-state index in [4.69, 9.17) is 4.74 Å². The summed E-state index contributed by atoms with van der Waals surface area (Å²) in [4.78, 5) is 11.9. The van der Waals surface area contributed by atoms with Crippen LogP contribution in [0.5, 0.6) is 0 Å². The average Bonchev–Trinajstić information content (AvgIpc) is 3.19. The molecule has 0 unspecified atom stereocenters. The summed E-state index contributed by atoms with van der Waals surface area (Å²) >= 11 is 1.61. The number of carbonyl (C=O) groups is 1. The van der Waals surface area contributed by atoms with E-state index in [1.165, 1.54) is 5.56 Å². The Balaban J connectivity index is 1.43. The highest BCUT2D eigenvalue weighted by atomic mass is 32.2. The van der Waals surface area contributed by atoms with Gasteiger partial charge >= 0.3 is 0 Å². The van der Waals surface area contributed by atoms with E-state index in [1.807, 2.05) is 29.1 Å². The number of ether oxygens (including phenoxy) is 1. The molecule has 116 valence electrons. The largest absolute Gasteiger partial charge is 0.379 e. The summed E-state index contributed by atoms with van der Waals surface area (Å²) in [6, 6.07) is 10.4. The lowest BCUT2D eigenvalue weighted by molar-refractivity contribution is -0.113. The van der Waals surface area contributed by atoms with Crippen LogP contribution in [0, 0.1) is 0 Å². The van der Waals surface area contributed by atoms with Crippen LogP contribution in [0.4, 0.5) is 5.69 Å². The summed E-state index contributed by atoms with van der Waals surface area (Å²) in [6.07, 6.45) is 4.54. The normalized spacial score (nSPS) is 17.5. The molecule has 1 aliphatic heterocycles. The van der Waals surface area contributed by atoms with E-state index in [0.29, 0.717) is 12.4 Å². The van der Waals surface area contributed by atoms with Crippen LogP contribution >= 0.6 is 11.8 Å². The predicted molar refractivity (Wildman–Crippen MR) is 87.9 cm³/mol. The topological polar surface area (TPSA) is 56.2 Å². The van der Waals surface area contributed by atoms with Crippen molar-refractivity contribution in [2.75, 3.05) is 24.3 Å². The first-order valence-electron chi connectivity index (χ1n) is 7.35. The molecule has 1 N–H and O–H groups in total. The number of hydrogen-bond donors (Lipinski definition) is 1. The lowest BCUT2D eigenvalue weighted by atomic mass is 10.2. The number of benzene rings is 1. The van der Waals surface area contributed by atoms with Crippen molar-refractivity contribution in [1.82, 2.24) is 9.78 Å². The van der Waals surface area contributed by atoms with Crippen LogP contribution in [0.3, 0.4) is 0 Å². The number of rotatable bonds is 6. The predicted octanol–water partition coefficient (Wildman–Crippen LogP) is 2.72. The summed E-state index contributed by atoms with van der Waals surface area (Å²) in [5.41, 5.74) is 1.98. The molecule has 0 spiro atoms. The summed E-state index contributed by atoms with van der Waals surface area (Å²) in [5, 5.41) is 7.18. The minimum Gasteiger partial charge on any atom is -0.379 e. The molecule has 2 heterocycles. The number of thioether (sulfide) groups is 1. The van der Waals surface area contributed by atoms with Gasteiger partial charge in [-0.25, -0.2) is 0 Å². The van der Waals surface area contributed by atoms with Gasteiger partial charge in [0.05, 0.1) is 30.3 Å². The Bertz CT molecular complexity index is 609. The van der Waals surface area contributed by atoms with Gasteiger partial charge in [0.1, 0.15) is 0 Å². The number of carbonyl (C=O) groups excluding carboxylic acids is 1. The molecule has 1 aromatic carbocycles. The first kappa shape index (κ1) is 15.1. The van der Waals surface area contributed by atoms with Gasteiger partial charge in [0, 0.05) is 18.6 Å². The van der Waals surface area contributed by atoms with Gasteiger partial charge in [-0.1, -0.05) is 30.3 Å². The van der Waals surface area contributed by atoms with E-state index < -0.39 is 0 Å². The molecule has 6 heteroatoms. The number of nitrogens with one attached hydrogen (secondary N) is 1. The van der Waals surface area contributed by atoms with Gasteiger partial charge in [0.15, 0.2) is 0 Å². The molecule has 1 atom stereocenters. The van der Waals surface area contributed by atoms with Gasteiger partial charge in [0.25, 0.3) is 0 Å². The molecule has 0 saturated carbocycles. The molecular formula is C16H19N3O2S. The van der Waals surface area contributed by atoms with Crippen LogP contribution in [0.25, 0.3) is 0 Å². The zero-order chi connectivity index (χ0) is 15.2. The average molecular weight is 317 g/mol. The van der Waals surface area contributed by atoms with Crippen LogP contribution in [0.15, 0.2) is 42.7 Å². The Labute approximate surface area is 134 Å². The number of anilines is 1. The van der Waals surface area contributed by atoms with E-state index in [0.717, 1.165) is 24.5 Å². The Hall–Kier alpha value is -1.79. The minimum absolute atomic E-state index is 0.00292. The Morgan fingerprint density at radius 2 is 2.27 bits per heavy atom. The third kappa shape index (κ3) is 4.11. The van der Waals surface area contributed by atoms with Crippen molar-refractivity contribution in [1.29, 1.82) is 0 Å². The zero-order valence-corrected chi connectivity index (χ0v) is 13.1. The molecular weight excluding hydrogens is 298 g/mol. The van der Waals surface area contributed by atoms with Crippen LogP contribution < -0.4 is 5.32 Å². The molecule has 1 aliphatic rings. The molecule has 1 aromatic heterocycles. The maximum absolute atomic E-state index is 11.9. The van der Waals surface area contributed by atoms with Crippen molar-refractivity contribution in [3.05, 3.63) is 48.3 Å². The maximum atomic E-state index is 11.9. The van der Waals surface area contributed by atoms with Crippen LogP contribution in [-0.2, 0) is 15.3 Å². The highest BCUT2D eigenvalue weighted by molar-refractivity contribution is 7.99. The first-order chi connectivity index (χ1) is 10.8. The molecule has 1 amide bonds. The maximum Gasteiger partial charge on any atom is 0.234 e. The van der Waals surface area contributed by atoms with Crippen LogP contribution in [0.2, 0.25) is 0 Å². The molecule has 0 bridgehead atoms. The van der Waals surface area contributed by atoms with Gasteiger partial charge in [-0.2, -0.15) is 5.10 Å². The lowest BCUT2D eigenvalue weighted by Crippen LogP contribution is -2.14. The lowest BCUT2D eigenvalue weighted by Gasteiger charge is -2.07. The van der Waals surface area contributed by atoms with Crippen molar-refractivity contribution in [2.45, 2.75) is 18.2 Å². The zero-order valence-electron chi connectivity index (χ0n) is 12.3. The summed E-state index contributed by atoms with van der Waals surface area (Å²) in [6.45, 7) is 1.48. The molecule has 0 radical (unpaired) electrons. The van der Waals surface area contributed by atoms with Gasteiger partial charge in [-0.15, -0.1) is 11.8 Å². The van der Waals surface area contributed by atoms with Crippen molar-refractivity contribution < 1.29 is 9.53 Å². The second-order valence-electron chi connectivity index (χ2n) is 5.25. The van der Waals surface area contributed by atoms with E-state index >= 15 is 0 Å². The Morgan fingerprint density at radius 1 is 1.41 bits per heavy atom. The van der Waals surface area contributed by atoms with Crippen molar-refractivity contribution >= 4 is 23.4 Å². The first-order valence-corrected chi connectivity index (χ1v) is 8.50. The third-order valence-electron chi connectivity index (χ3n) is 3.51. The molecule has 0 aliphatic carbocycles. The molecule has 1 saturated heterocycles. The fourth-order valence-corrected chi connectivity index (χ4v) is 3.15. The minimum atomic E-state index is 0.00292. The molecule has 22 heavy (non-hydrogen) atoms. The number of hydrogen-bond acceptors (Lipinski definition) is 4. The van der Waals surface area contributed by atoms with Crippen LogP contribution in [-0.4, -0.2) is 34.7 Å².